The van der Waals surface area contributed by atoms with Gasteiger partial charge in [0.15, 0.2) is 10.8 Å². The molecule has 2 rings (SSSR count). The largest absolute Gasteiger partial charge is 0.372 e. The van der Waals surface area contributed by atoms with Crippen LogP contribution in [0.15, 0.2) is 28.9 Å². The predicted octanol–water partition coefficient (Wildman–Crippen LogP) is 1.68. The zero-order valence-corrected chi connectivity index (χ0v) is 12.4. The molecule has 0 bridgehead atoms. The molecule has 0 aliphatic rings. The number of aromatic nitrogens is 2. The van der Waals surface area contributed by atoms with Gasteiger partial charge in [-0.2, -0.15) is 0 Å². The molecule has 2 aromatic heterocycles. The predicted molar refractivity (Wildman–Crippen MR) is 78.0 cm³/mol. The minimum atomic E-state index is -3.95. The fraction of sp³-hybridized carbons (Fsp3) is 0.200. The highest BCUT2D eigenvalue weighted by atomic mass is 32.2. The van der Waals surface area contributed by atoms with Crippen LogP contribution < -0.4 is 10.0 Å². The number of thiophene rings is 1. The van der Waals surface area contributed by atoms with Crippen molar-refractivity contribution in [2.75, 3.05) is 16.6 Å². The fourth-order valence-corrected chi connectivity index (χ4v) is 3.84. The van der Waals surface area contributed by atoms with Crippen LogP contribution in [0.1, 0.15) is 6.92 Å². The van der Waals surface area contributed by atoms with E-state index >= 15 is 0 Å². The zero-order valence-electron chi connectivity index (χ0n) is 10.8. The third-order valence-corrected chi connectivity index (χ3v) is 5.20. The zero-order chi connectivity index (χ0) is 15.5. The van der Waals surface area contributed by atoms with Crippen molar-refractivity contribution in [1.82, 2.24) is 9.97 Å². The van der Waals surface area contributed by atoms with Crippen molar-refractivity contribution in [2.24, 2.45) is 0 Å². The molecule has 0 amide bonds. The van der Waals surface area contributed by atoms with Crippen LogP contribution in [0.2, 0.25) is 0 Å². The summed E-state index contributed by atoms with van der Waals surface area (Å²) >= 11 is 0.787. The van der Waals surface area contributed by atoms with Gasteiger partial charge in [0.05, 0.1) is 11.1 Å². The highest BCUT2D eigenvalue weighted by molar-refractivity contribution is 7.94. The first-order valence-corrected chi connectivity index (χ1v) is 8.05. The van der Waals surface area contributed by atoms with Crippen LogP contribution in [0.3, 0.4) is 0 Å². The van der Waals surface area contributed by atoms with Gasteiger partial charge in [0.1, 0.15) is 4.21 Å². The molecule has 0 fully saturated rings. The highest BCUT2D eigenvalue weighted by Crippen LogP contribution is 2.37. The van der Waals surface area contributed by atoms with E-state index < -0.39 is 14.9 Å². The lowest BCUT2D eigenvalue weighted by Crippen LogP contribution is -2.12. The number of hydrogen-bond donors (Lipinski definition) is 2. The summed E-state index contributed by atoms with van der Waals surface area (Å²) in [6, 6.07) is 1.02. The van der Waals surface area contributed by atoms with E-state index in [0.717, 1.165) is 17.4 Å². The Hall–Kier alpha value is -2.27. The van der Waals surface area contributed by atoms with Crippen LogP contribution in [0.5, 0.6) is 0 Å². The second-order valence-electron chi connectivity index (χ2n) is 3.76. The lowest BCUT2D eigenvalue weighted by Gasteiger charge is -2.03. The Morgan fingerprint density at radius 1 is 1.43 bits per heavy atom. The van der Waals surface area contributed by atoms with Crippen molar-refractivity contribution in [1.29, 1.82) is 0 Å². The minimum absolute atomic E-state index is 0.0403. The van der Waals surface area contributed by atoms with E-state index in [9.17, 15) is 18.5 Å². The lowest BCUT2D eigenvalue weighted by atomic mass is 10.5. The number of nitro groups is 1. The number of rotatable bonds is 6. The maximum Gasteiger partial charge on any atom is 0.304 e. The first-order valence-electron chi connectivity index (χ1n) is 5.75. The molecule has 2 aromatic rings. The molecule has 0 aliphatic carbocycles. The smallest absolute Gasteiger partial charge is 0.304 e. The average Bonchev–Trinajstić information content (AvgIpc) is 2.85. The van der Waals surface area contributed by atoms with Crippen molar-refractivity contribution in [3.05, 3.63) is 34.8 Å². The van der Waals surface area contributed by atoms with E-state index in [1.807, 2.05) is 0 Å². The van der Waals surface area contributed by atoms with Crippen LogP contribution in [-0.2, 0) is 10.0 Å². The molecule has 2 N–H and O–H groups in total. The molecule has 21 heavy (non-hydrogen) atoms. The Labute approximate surface area is 124 Å². The molecule has 112 valence electrons. The van der Waals surface area contributed by atoms with Crippen molar-refractivity contribution in [3.63, 3.8) is 0 Å². The standard InChI is InChI=1S/C10H11N5O4S2/c1-2-12-10-7(15(16)17)5-9(20-10)21(18,19)14-8-6-11-3-4-13-8/h3-6,12H,2H2,1H3,(H,13,14). The molecular weight excluding hydrogens is 318 g/mol. The molecule has 0 saturated heterocycles. The molecule has 2 heterocycles. The van der Waals surface area contributed by atoms with E-state index in [4.69, 9.17) is 0 Å². The molecule has 9 nitrogen and oxygen atoms in total. The molecule has 0 aliphatic heterocycles. The maximum absolute atomic E-state index is 12.2. The quantitative estimate of drug-likeness (QED) is 0.609. The van der Waals surface area contributed by atoms with E-state index in [-0.39, 0.29) is 20.7 Å². The first-order chi connectivity index (χ1) is 9.94. The Kier molecular flexibility index (Phi) is 4.33. The van der Waals surface area contributed by atoms with Gasteiger partial charge in [0, 0.05) is 25.0 Å². The Bertz CT molecular complexity index is 744. The summed E-state index contributed by atoms with van der Waals surface area (Å²) in [7, 11) is -3.95. The van der Waals surface area contributed by atoms with Gasteiger partial charge in [-0.25, -0.2) is 13.4 Å². The van der Waals surface area contributed by atoms with Crippen LogP contribution >= 0.6 is 11.3 Å². The second kappa shape index (κ2) is 6.01. The Balaban J connectivity index is 2.36. The van der Waals surface area contributed by atoms with Crippen LogP contribution in [0.25, 0.3) is 0 Å². The van der Waals surface area contributed by atoms with Crippen LogP contribution in [0.4, 0.5) is 16.5 Å². The van der Waals surface area contributed by atoms with Crippen LogP contribution in [-0.4, -0.2) is 29.9 Å². The average molecular weight is 329 g/mol. The van der Waals surface area contributed by atoms with E-state index in [1.165, 1.54) is 18.6 Å². The molecule has 11 heteroatoms. The van der Waals surface area contributed by atoms with Crippen molar-refractivity contribution in [3.8, 4) is 0 Å². The van der Waals surface area contributed by atoms with Gasteiger partial charge in [0.25, 0.3) is 10.0 Å². The van der Waals surface area contributed by atoms with Gasteiger partial charge < -0.3 is 5.32 Å². The monoisotopic (exact) mass is 329 g/mol. The number of anilines is 2. The first kappa shape index (κ1) is 15.1. The van der Waals surface area contributed by atoms with Crippen molar-refractivity contribution >= 4 is 37.9 Å². The van der Waals surface area contributed by atoms with E-state index in [2.05, 4.69) is 20.0 Å². The number of nitrogens with one attached hydrogen (secondary N) is 2. The topological polar surface area (TPSA) is 127 Å². The number of nitrogens with zero attached hydrogens (tertiary/aromatic N) is 3. The van der Waals surface area contributed by atoms with Crippen LogP contribution in [0, 0.1) is 10.1 Å². The van der Waals surface area contributed by atoms with Gasteiger partial charge in [0.2, 0.25) is 0 Å². The molecule has 0 aromatic carbocycles. The molecular formula is C10H11N5O4S2. The maximum atomic E-state index is 12.2. The van der Waals surface area contributed by atoms with Gasteiger partial charge in [-0.3, -0.25) is 19.8 Å². The summed E-state index contributed by atoms with van der Waals surface area (Å²) in [5.41, 5.74) is -0.277. The van der Waals surface area contributed by atoms with Crippen molar-refractivity contribution < 1.29 is 13.3 Å². The second-order valence-corrected chi connectivity index (χ2v) is 6.72. The summed E-state index contributed by atoms with van der Waals surface area (Å²) in [5, 5.41) is 13.9. The fourth-order valence-electron chi connectivity index (χ4n) is 1.45. The summed E-state index contributed by atoms with van der Waals surface area (Å²) in [4.78, 5) is 17.8. The molecule has 0 saturated carbocycles. The highest BCUT2D eigenvalue weighted by Gasteiger charge is 2.26. The molecule has 0 atom stereocenters. The van der Waals surface area contributed by atoms with Gasteiger partial charge >= 0.3 is 5.69 Å². The Morgan fingerprint density at radius 2 is 2.19 bits per heavy atom. The SMILES string of the molecule is CCNc1sc(S(=O)(=O)Nc2cnccn2)cc1[N+](=O)[O-]. The summed E-state index contributed by atoms with van der Waals surface area (Å²) in [6.07, 6.45) is 3.97. The number of hydrogen-bond acceptors (Lipinski definition) is 8. The third-order valence-electron chi connectivity index (χ3n) is 2.29. The summed E-state index contributed by atoms with van der Waals surface area (Å²) in [5.74, 6) is 0.0403. The Morgan fingerprint density at radius 3 is 2.76 bits per heavy atom. The molecule has 0 radical (unpaired) electrons. The van der Waals surface area contributed by atoms with E-state index in [0.29, 0.717) is 6.54 Å². The lowest BCUT2D eigenvalue weighted by molar-refractivity contribution is -0.383. The summed E-state index contributed by atoms with van der Waals surface area (Å²) in [6.45, 7) is 2.20. The van der Waals surface area contributed by atoms with Gasteiger partial charge in [-0.15, -0.1) is 0 Å². The molecule has 0 unspecified atom stereocenters. The summed E-state index contributed by atoms with van der Waals surface area (Å²) < 4.78 is 26.4. The third kappa shape index (κ3) is 3.44. The van der Waals surface area contributed by atoms with Gasteiger partial charge in [-0.05, 0) is 6.92 Å². The van der Waals surface area contributed by atoms with E-state index in [1.54, 1.807) is 6.92 Å². The van der Waals surface area contributed by atoms with Crippen molar-refractivity contribution in [2.45, 2.75) is 11.1 Å². The van der Waals surface area contributed by atoms with Gasteiger partial charge in [-0.1, -0.05) is 11.3 Å². The molecule has 0 spiro atoms. The minimum Gasteiger partial charge on any atom is -0.372 e. The number of sulfonamides is 1. The normalized spacial score (nSPS) is 11.1.